The van der Waals surface area contributed by atoms with Gasteiger partial charge in [-0.25, -0.2) is 0 Å². The summed E-state index contributed by atoms with van der Waals surface area (Å²) in [4.78, 5) is 2.41. The molecule has 2 aliphatic rings. The summed E-state index contributed by atoms with van der Waals surface area (Å²) in [5, 5.41) is 0. The quantitative estimate of drug-likeness (QED) is 0.825. The summed E-state index contributed by atoms with van der Waals surface area (Å²) in [6.45, 7) is 3.33. The standard InChI is InChI=1S/C16H24N2/c1-11-15(17)4-3-5-16(11)18(2)10-14-9-12-6-7-13(14)8-12/h3-5,12-14H,6-10,17H2,1-2H3. The normalized spacial score (nSPS) is 29.8. The number of nitrogens with zero attached hydrogens (tertiary/aromatic N) is 1. The van der Waals surface area contributed by atoms with E-state index in [-0.39, 0.29) is 0 Å². The fourth-order valence-corrected chi connectivity index (χ4v) is 4.10. The van der Waals surface area contributed by atoms with E-state index in [0.29, 0.717) is 0 Å². The molecule has 0 radical (unpaired) electrons. The zero-order valence-electron chi connectivity index (χ0n) is 11.5. The minimum atomic E-state index is 0.910. The van der Waals surface area contributed by atoms with Crippen LogP contribution in [-0.4, -0.2) is 13.6 Å². The van der Waals surface area contributed by atoms with Crippen LogP contribution in [0.3, 0.4) is 0 Å². The van der Waals surface area contributed by atoms with Gasteiger partial charge in [-0.1, -0.05) is 12.5 Å². The average Bonchev–Trinajstić information content (AvgIpc) is 2.94. The summed E-state index contributed by atoms with van der Waals surface area (Å²) < 4.78 is 0. The summed E-state index contributed by atoms with van der Waals surface area (Å²) >= 11 is 0. The summed E-state index contributed by atoms with van der Waals surface area (Å²) in [5.41, 5.74) is 9.44. The maximum absolute atomic E-state index is 6.00. The minimum Gasteiger partial charge on any atom is -0.398 e. The van der Waals surface area contributed by atoms with E-state index in [9.17, 15) is 0 Å². The molecule has 2 nitrogen and oxygen atoms in total. The van der Waals surface area contributed by atoms with Crippen molar-refractivity contribution in [2.45, 2.75) is 32.6 Å². The number of rotatable bonds is 3. The molecule has 0 heterocycles. The van der Waals surface area contributed by atoms with Crippen LogP contribution in [-0.2, 0) is 0 Å². The van der Waals surface area contributed by atoms with Crippen molar-refractivity contribution in [2.24, 2.45) is 17.8 Å². The van der Waals surface area contributed by atoms with Crippen molar-refractivity contribution in [3.05, 3.63) is 23.8 Å². The van der Waals surface area contributed by atoms with E-state index >= 15 is 0 Å². The van der Waals surface area contributed by atoms with Gasteiger partial charge in [0.1, 0.15) is 0 Å². The van der Waals surface area contributed by atoms with Crippen molar-refractivity contribution in [1.29, 1.82) is 0 Å². The van der Waals surface area contributed by atoms with E-state index in [4.69, 9.17) is 5.73 Å². The third kappa shape index (κ3) is 1.98. The van der Waals surface area contributed by atoms with Gasteiger partial charge in [0.05, 0.1) is 0 Å². The smallest absolute Gasteiger partial charge is 0.0414 e. The van der Waals surface area contributed by atoms with Gasteiger partial charge in [-0.15, -0.1) is 0 Å². The first kappa shape index (κ1) is 11.9. The van der Waals surface area contributed by atoms with Crippen molar-refractivity contribution < 1.29 is 0 Å². The number of nitrogen functional groups attached to an aromatic ring is 1. The third-order valence-corrected chi connectivity index (χ3v) is 5.15. The van der Waals surface area contributed by atoms with Crippen molar-refractivity contribution in [2.75, 3.05) is 24.2 Å². The van der Waals surface area contributed by atoms with Crippen LogP contribution < -0.4 is 10.6 Å². The number of hydrogen-bond acceptors (Lipinski definition) is 2. The van der Waals surface area contributed by atoms with Crippen LogP contribution in [0, 0.1) is 24.7 Å². The zero-order valence-corrected chi connectivity index (χ0v) is 11.5. The lowest BCUT2D eigenvalue weighted by Crippen LogP contribution is -2.29. The second-order valence-electron chi connectivity index (χ2n) is 6.31. The van der Waals surface area contributed by atoms with Crippen LogP contribution in [0.4, 0.5) is 11.4 Å². The van der Waals surface area contributed by atoms with E-state index in [0.717, 1.165) is 23.4 Å². The Morgan fingerprint density at radius 3 is 2.78 bits per heavy atom. The van der Waals surface area contributed by atoms with Gasteiger partial charge >= 0.3 is 0 Å². The molecule has 0 amide bonds. The van der Waals surface area contributed by atoms with Crippen LogP contribution in [0.2, 0.25) is 0 Å². The Morgan fingerprint density at radius 1 is 1.28 bits per heavy atom. The first-order valence-electron chi connectivity index (χ1n) is 7.21. The van der Waals surface area contributed by atoms with Crippen molar-refractivity contribution in [3.8, 4) is 0 Å². The maximum atomic E-state index is 6.00. The van der Waals surface area contributed by atoms with E-state index < -0.39 is 0 Å². The fraction of sp³-hybridized carbons (Fsp3) is 0.625. The third-order valence-electron chi connectivity index (χ3n) is 5.15. The summed E-state index contributed by atoms with van der Waals surface area (Å²) in [7, 11) is 2.22. The van der Waals surface area contributed by atoms with Crippen LogP contribution in [0.5, 0.6) is 0 Å². The van der Waals surface area contributed by atoms with Crippen molar-refractivity contribution in [1.82, 2.24) is 0 Å². The lowest BCUT2D eigenvalue weighted by atomic mass is 9.88. The molecule has 1 aromatic rings. The fourth-order valence-electron chi connectivity index (χ4n) is 4.10. The lowest BCUT2D eigenvalue weighted by Gasteiger charge is -2.29. The molecule has 98 valence electrons. The predicted octanol–water partition coefficient (Wildman–Crippen LogP) is 3.45. The molecular formula is C16H24N2. The zero-order chi connectivity index (χ0) is 12.7. The Morgan fingerprint density at radius 2 is 2.11 bits per heavy atom. The van der Waals surface area contributed by atoms with E-state index in [1.807, 2.05) is 6.07 Å². The molecule has 0 aromatic heterocycles. The van der Waals surface area contributed by atoms with Crippen LogP contribution in [0.1, 0.15) is 31.2 Å². The lowest BCUT2D eigenvalue weighted by molar-refractivity contribution is 0.337. The van der Waals surface area contributed by atoms with Gasteiger partial charge in [-0.05, 0) is 61.6 Å². The highest BCUT2D eigenvalue weighted by molar-refractivity contribution is 5.63. The molecule has 2 bridgehead atoms. The van der Waals surface area contributed by atoms with Gasteiger partial charge in [0.2, 0.25) is 0 Å². The Kier molecular flexibility index (Phi) is 2.96. The largest absolute Gasteiger partial charge is 0.398 e. The summed E-state index contributed by atoms with van der Waals surface area (Å²) in [6.07, 6.45) is 5.91. The molecule has 18 heavy (non-hydrogen) atoms. The molecule has 2 N–H and O–H groups in total. The minimum absolute atomic E-state index is 0.910. The number of hydrogen-bond donors (Lipinski definition) is 1. The molecule has 2 saturated carbocycles. The van der Waals surface area contributed by atoms with Crippen LogP contribution >= 0.6 is 0 Å². The summed E-state index contributed by atoms with van der Waals surface area (Å²) in [5.74, 6) is 2.95. The first-order valence-corrected chi connectivity index (χ1v) is 7.21. The highest BCUT2D eigenvalue weighted by Gasteiger charge is 2.39. The topological polar surface area (TPSA) is 29.3 Å². The predicted molar refractivity (Wildman–Crippen MR) is 77.8 cm³/mol. The Hall–Kier alpha value is -1.18. The van der Waals surface area contributed by atoms with E-state index in [1.165, 1.54) is 43.5 Å². The van der Waals surface area contributed by atoms with Crippen molar-refractivity contribution >= 4 is 11.4 Å². The molecule has 3 rings (SSSR count). The van der Waals surface area contributed by atoms with Gasteiger partial charge in [-0.3, -0.25) is 0 Å². The van der Waals surface area contributed by atoms with E-state index in [1.54, 1.807) is 0 Å². The molecule has 0 spiro atoms. The molecular weight excluding hydrogens is 220 g/mol. The highest BCUT2D eigenvalue weighted by Crippen LogP contribution is 2.48. The van der Waals surface area contributed by atoms with Gasteiger partial charge in [0.15, 0.2) is 0 Å². The molecule has 2 fully saturated rings. The first-order chi connectivity index (χ1) is 8.65. The second-order valence-corrected chi connectivity index (χ2v) is 6.31. The van der Waals surface area contributed by atoms with Gasteiger partial charge in [-0.2, -0.15) is 0 Å². The number of anilines is 2. The Bertz CT molecular complexity index is 441. The molecule has 1 aromatic carbocycles. The van der Waals surface area contributed by atoms with Crippen molar-refractivity contribution in [3.63, 3.8) is 0 Å². The Labute approximate surface area is 110 Å². The second kappa shape index (κ2) is 4.49. The molecule has 2 heteroatoms. The molecule has 0 saturated heterocycles. The van der Waals surface area contributed by atoms with Gasteiger partial charge in [0.25, 0.3) is 0 Å². The molecule has 0 aliphatic heterocycles. The number of nitrogens with two attached hydrogens (primary N) is 1. The van der Waals surface area contributed by atoms with Gasteiger partial charge < -0.3 is 10.6 Å². The highest BCUT2D eigenvalue weighted by atomic mass is 15.1. The van der Waals surface area contributed by atoms with Crippen LogP contribution in [0.25, 0.3) is 0 Å². The maximum Gasteiger partial charge on any atom is 0.0414 e. The Balaban J connectivity index is 1.71. The van der Waals surface area contributed by atoms with E-state index in [2.05, 4.69) is 31.0 Å². The monoisotopic (exact) mass is 244 g/mol. The summed E-state index contributed by atoms with van der Waals surface area (Å²) in [6, 6.07) is 6.25. The molecule has 3 unspecified atom stereocenters. The van der Waals surface area contributed by atoms with Gasteiger partial charge in [0, 0.05) is 25.0 Å². The average molecular weight is 244 g/mol. The molecule has 3 atom stereocenters. The number of fused-ring (bicyclic) bond motifs is 2. The number of benzene rings is 1. The SMILES string of the molecule is Cc1c(N)cccc1N(C)CC1CC2CCC1C2. The van der Waals surface area contributed by atoms with Crippen LogP contribution in [0.15, 0.2) is 18.2 Å². The molecule has 2 aliphatic carbocycles.